The van der Waals surface area contributed by atoms with Gasteiger partial charge in [-0.3, -0.25) is 9.10 Å². The summed E-state index contributed by atoms with van der Waals surface area (Å²) in [6.45, 7) is 1.37. The molecule has 2 aromatic heterocycles. The van der Waals surface area contributed by atoms with Crippen molar-refractivity contribution in [2.45, 2.75) is 31.7 Å². The van der Waals surface area contributed by atoms with Crippen LogP contribution in [0.2, 0.25) is 0 Å². The molecule has 0 aliphatic rings. The van der Waals surface area contributed by atoms with Gasteiger partial charge in [-0.25, -0.2) is 21.2 Å². The number of fused-ring (bicyclic) bond motifs is 1. The Hall–Kier alpha value is -3.20. The van der Waals surface area contributed by atoms with E-state index >= 15 is 0 Å². The first-order chi connectivity index (χ1) is 17.6. The van der Waals surface area contributed by atoms with E-state index in [4.69, 9.17) is 4.42 Å². The van der Waals surface area contributed by atoms with Gasteiger partial charge in [0.25, 0.3) is 5.91 Å². The van der Waals surface area contributed by atoms with Crippen molar-refractivity contribution in [2.24, 2.45) is 0 Å². The fraction of sp³-hybridized carbons (Fsp3) is 0.391. The number of anilines is 1. The van der Waals surface area contributed by atoms with E-state index < -0.39 is 49.3 Å². The summed E-state index contributed by atoms with van der Waals surface area (Å²) in [6.07, 6.45) is 0.505. The first-order valence-corrected chi connectivity index (χ1v) is 14.8. The summed E-state index contributed by atoms with van der Waals surface area (Å²) in [5, 5.41) is 2.77. The highest BCUT2D eigenvalue weighted by molar-refractivity contribution is 7.92. The van der Waals surface area contributed by atoms with E-state index in [1.165, 1.54) is 37.4 Å². The van der Waals surface area contributed by atoms with Crippen molar-refractivity contribution >= 4 is 42.7 Å². The fourth-order valence-electron chi connectivity index (χ4n) is 3.78. The molecule has 1 aromatic carbocycles. The second-order valence-electron chi connectivity index (χ2n) is 8.38. The molecule has 0 radical (unpaired) electrons. The zero-order chi connectivity index (χ0) is 28.5. The Morgan fingerprint density at radius 3 is 2.26 bits per heavy atom. The number of hydrogen-bond acceptors (Lipinski definition) is 7. The fourth-order valence-corrected chi connectivity index (χ4v) is 5.53. The molecule has 9 nitrogen and oxygen atoms in total. The normalized spacial score (nSPS) is 12.6. The Labute approximate surface area is 216 Å². The van der Waals surface area contributed by atoms with E-state index in [9.17, 15) is 39.2 Å². The lowest BCUT2D eigenvalue weighted by atomic mass is 10.0. The van der Waals surface area contributed by atoms with Crippen molar-refractivity contribution in [3.05, 3.63) is 47.3 Å². The van der Waals surface area contributed by atoms with Gasteiger partial charge in [0.1, 0.15) is 17.4 Å². The van der Waals surface area contributed by atoms with Crippen LogP contribution in [-0.2, 0) is 26.3 Å². The van der Waals surface area contributed by atoms with Crippen molar-refractivity contribution in [3.63, 3.8) is 0 Å². The van der Waals surface area contributed by atoms with Crippen molar-refractivity contribution < 1.29 is 43.6 Å². The Morgan fingerprint density at radius 1 is 1.11 bits per heavy atom. The Balaban J connectivity index is 2.07. The van der Waals surface area contributed by atoms with Gasteiger partial charge in [0.2, 0.25) is 25.6 Å². The lowest BCUT2D eigenvalue weighted by Crippen LogP contribution is -2.33. The van der Waals surface area contributed by atoms with Gasteiger partial charge >= 0.3 is 5.51 Å². The average molecular weight is 580 g/mol. The van der Waals surface area contributed by atoms with Gasteiger partial charge in [-0.1, -0.05) is 6.92 Å². The number of carbonyl (C=O) groups excluding carboxylic acids is 1. The molecule has 38 heavy (non-hydrogen) atoms. The number of amides is 1. The highest BCUT2D eigenvalue weighted by Crippen LogP contribution is 2.36. The second-order valence-corrected chi connectivity index (χ2v) is 12.4. The number of halogens is 4. The molecule has 0 unspecified atom stereocenters. The number of sulfone groups is 1. The maximum Gasteiger partial charge on any atom is 0.497 e. The van der Waals surface area contributed by atoms with Crippen LogP contribution in [0.4, 0.5) is 23.4 Å². The van der Waals surface area contributed by atoms with Gasteiger partial charge in [0, 0.05) is 19.2 Å². The van der Waals surface area contributed by atoms with E-state index in [0.717, 1.165) is 10.6 Å². The molecule has 15 heteroatoms. The number of unbranched alkanes of at least 4 members (excludes halogenated alkanes) is 1. The van der Waals surface area contributed by atoms with Gasteiger partial charge in [0.05, 0.1) is 23.0 Å². The first-order valence-electron chi connectivity index (χ1n) is 11.3. The molecule has 0 saturated carbocycles. The molecule has 0 aliphatic carbocycles. The minimum Gasteiger partial charge on any atom is -0.437 e. The lowest BCUT2D eigenvalue weighted by Gasteiger charge is -2.23. The second kappa shape index (κ2) is 10.9. The van der Waals surface area contributed by atoms with Gasteiger partial charge in [-0.2, -0.15) is 18.2 Å². The van der Waals surface area contributed by atoms with Crippen LogP contribution < -0.4 is 9.62 Å². The summed E-state index contributed by atoms with van der Waals surface area (Å²) < 4.78 is 106. The van der Waals surface area contributed by atoms with E-state index in [1.807, 2.05) is 0 Å². The number of hydrogen-bond donors (Lipinski definition) is 1. The largest absolute Gasteiger partial charge is 0.497 e. The number of alkyl halides is 3. The molecule has 0 spiro atoms. The van der Waals surface area contributed by atoms with Crippen LogP contribution >= 0.6 is 0 Å². The van der Waals surface area contributed by atoms with Crippen LogP contribution in [0.25, 0.3) is 22.4 Å². The smallest absolute Gasteiger partial charge is 0.437 e. The first kappa shape index (κ1) is 29.4. The summed E-state index contributed by atoms with van der Waals surface area (Å²) in [7, 11) is -7.94. The van der Waals surface area contributed by atoms with E-state index in [2.05, 4.69) is 10.3 Å². The number of nitrogens with one attached hydrogen (secondary N) is 1. The number of furan rings is 1. The Bertz CT molecular complexity index is 1550. The highest BCUT2D eigenvalue weighted by atomic mass is 32.2. The van der Waals surface area contributed by atoms with Crippen molar-refractivity contribution in [1.29, 1.82) is 0 Å². The van der Waals surface area contributed by atoms with Crippen molar-refractivity contribution in [3.8, 4) is 11.3 Å². The molecule has 3 aromatic rings. The van der Waals surface area contributed by atoms with Crippen LogP contribution in [0, 0.1) is 5.82 Å². The molecule has 0 aliphatic heterocycles. The van der Waals surface area contributed by atoms with Crippen LogP contribution in [0.5, 0.6) is 0 Å². The number of carbonyl (C=O) groups is 1. The number of rotatable bonds is 10. The number of nitrogens with zero attached hydrogens (tertiary/aromatic N) is 2. The van der Waals surface area contributed by atoms with Gasteiger partial charge in [-0.15, -0.1) is 0 Å². The number of benzene rings is 1. The zero-order valence-corrected chi connectivity index (χ0v) is 22.2. The van der Waals surface area contributed by atoms with Gasteiger partial charge in [0.15, 0.2) is 0 Å². The summed E-state index contributed by atoms with van der Waals surface area (Å²) in [5.74, 6) is -2.20. The highest BCUT2D eigenvalue weighted by Gasteiger charge is 2.44. The minimum absolute atomic E-state index is 0.0657. The molecule has 1 N–H and O–H groups in total. The molecule has 2 heterocycles. The lowest BCUT2D eigenvalue weighted by molar-refractivity contribution is -0.0435. The molecule has 0 bridgehead atoms. The number of pyridine rings is 1. The average Bonchev–Trinajstić information content (AvgIpc) is 3.19. The molecule has 208 valence electrons. The SMILES string of the molecule is CCc1cc2c(C(=O)NC)c(-c3ccc(F)cc3)oc2nc1N(CCCCS(=O)(=O)C(F)(F)F)S(C)(=O)=O. The molecular formula is C23H25F4N3O6S2. The Morgan fingerprint density at radius 2 is 1.74 bits per heavy atom. The standard InChI is InChI=1S/C23H25F4N3O6S2/c1-4-14-13-17-18(21(31)28-2)19(15-7-9-16(24)10-8-15)36-22(17)29-20(14)30(37(3,32)33)11-5-6-12-38(34,35)23(25,26)27/h7-10,13H,4-6,11-12H2,1-3H3,(H,28,31). The maximum atomic E-state index is 13.5. The van der Waals surface area contributed by atoms with Crippen molar-refractivity contribution in [2.75, 3.05) is 29.9 Å². The quantitative estimate of drug-likeness (QED) is 0.284. The Kier molecular flexibility index (Phi) is 8.41. The van der Waals surface area contributed by atoms with E-state index in [-0.39, 0.29) is 47.6 Å². The van der Waals surface area contributed by atoms with Gasteiger partial charge in [-0.05, 0) is 55.2 Å². The summed E-state index contributed by atoms with van der Waals surface area (Å²) >= 11 is 0. The third-order valence-corrected chi connectivity index (χ3v) is 8.38. The zero-order valence-electron chi connectivity index (χ0n) is 20.6. The minimum atomic E-state index is -5.39. The molecule has 3 rings (SSSR count). The predicted molar refractivity (Wildman–Crippen MR) is 133 cm³/mol. The molecule has 0 fully saturated rings. The van der Waals surface area contributed by atoms with Crippen LogP contribution in [-0.4, -0.2) is 58.8 Å². The monoisotopic (exact) mass is 579 g/mol. The van der Waals surface area contributed by atoms with Crippen molar-refractivity contribution in [1.82, 2.24) is 10.3 Å². The van der Waals surface area contributed by atoms with E-state index in [1.54, 1.807) is 6.92 Å². The molecule has 0 atom stereocenters. The van der Waals surface area contributed by atoms with Gasteiger partial charge < -0.3 is 9.73 Å². The number of aromatic nitrogens is 1. The summed E-state index contributed by atoms with van der Waals surface area (Å²) in [5.41, 5.74) is -4.62. The maximum absolute atomic E-state index is 13.5. The van der Waals surface area contributed by atoms with Crippen LogP contribution in [0.15, 0.2) is 34.7 Å². The predicted octanol–water partition coefficient (Wildman–Crippen LogP) is 4.04. The van der Waals surface area contributed by atoms with Crippen LogP contribution in [0.1, 0.15) is 35.7 Å². The summed E-state index contributed by atoms with van der Waals surface area (Å²) in [6, 6.07) is 6.69. The molecule has 0 saturated heterocycles. The molecular weight excluding hydrogens is 554 g/mol. The van der Waals surface area contributed by atoms with E-state index in [0.29, 0.717) is 11.1 Å². The number of aryl methyl sites for hydroxylation is 1. The topological polar surface area (TPSA) is 127 Å². The third kappa shape index (κ3) is 6.09. The van der Waals surface area contributed by atoms with Crippen LogP contribution in [0.3, 0.4) is 0 Å². The molecule has 1 amide bonds. The number of sulfonamides is 1. The summed E-state index contributed by atoms with van der Waals surface area (Å²) in [4.78, 5) is 17.1. The third-order valence-electron chi connectivity index (χ3n) is 5.69.